The van der Waals surface area contributed by atoms with Gasteiger partial charge < -0.3 is 15.0 Å². The summed E-state index contributed by atoms with van der Waals surface area (Å²) in [5, 5.41) is 2.88. The Bertz CT molecular complexity index is 1630. The van der Waals surface area contributed by atoms with E-state index in [0.717, 1.165) is 22.0 Å². The highest BCUT2D eigenvalue weighted by molar-refractivity contribution is 7.89. The van der Waals surface area contributed by atoms with Gasteiger partial charge in [0, 0.05) is 13.1 Å². The second-order valence-corrected chi connectivity index (χ2v) is 11.8. The van der Waals surface area contributed by atoms with Gasteiger partial charge in [-0.05, 0) is 53.9 Å². The van der Waals surface area contributed by atoms with Crippen LogP contribution in [0.3, 0.4) is 0 Å². The van der Waals surface area contributed by atoms with Gasteiger partial charge in [0.05, 0.1) is 23.7 Å². The average Bonchev–Trinajstić information content (AvgIpc) is 3.01. The molecule has 5 rings (SSSR count). The van der Waals surface area contributed by atoms with Crippen LogP contribution in [-0.4, -0.2) is 50.3 Å². The number of nitrogens with zero attached hydrogens (tertiary/aromatic N) is 2. The van der Waals surface area contributed by atoms with Gasteiger partial charge in [-0.2, -0.15) is 4.31 Å². The summed E-state index contributed by atoms with van der Waals surface area (Å²) >= 11 is 0. The number of ether oxygens (including phenoxy) is 1. The number of sulfonamides is 1. The van der Waals surface area contributed by atoms with Crippen molar-refractivity contribution in [3.05, 3.63) is 126 Å². The summed E-state index contributed by atoms with van der Waals surface area (Å²) in [4.78, 5) is 28.2. The van der Waals surface area contributed by atoms with Gasteiger partial charge in [0.2, 0.25) is 15.9 Å². The van der Waals surface area contributed by atoms with E-state index in [2.05, 4.69) is 5.32 Å². The van der Waals surface area contributed by atoms with Crippen molar-refractivity contribution in [3.8, 4) is 5.75 Å². The van der Waals surface area contributed by atoms with Crippen molar-refractivity contribution in [2.24, 2.45) is 0 Å². The van der Waals surface area contributed by atoms with Gasteiger partial charge in [-0.25, -0.2) is 12.8 Å². The Morgan fingerprint density at radius 3 is 2.17 bits per heavy atom. The molecular formula is C32H30FN3O5S. The largest absolute Gasteiger partial charge is 0.477 e. The lowest BCUT2D eigenvalue weighted by molar-refractivity contribution is -0.128. The van der Waals surface area contributed by atoms with Crippen molar-refractivity contribution in [1.29, 1.82) is 0 Å². The van der Waals surface area contributed by atoms with E-state index in [9.17, 15) is 22.4 Å². The van der Waals surface area contributed by atoms with Crippen LogP contribution in [0.2, 0.25) is 0 Å². The number of rotatable bonds is 10. The first-order valence-electron chi connectivity index (χ1n) is 13.5. The highest BCUT2D eigenvalue weighted by atomic mass is 32.2. The molecular weight excluding hydrogens is 557 g/mol. The molecule has 1 atom stereocenters. The predicted octanol–water partition coefficient (Wildman–Crippen LogP) is 4.17. The van der Waals surface area contributed by atoms with Crippen LogP contribution in [0.5, 0.6) is 5.75 Å². The number of carbonyl (C=O) groups excluding carboxylic acids is 2. The van der Waals surface area contributed by atoms with Gasteiger partial charge in [0.1, 0.15) is 11.6 Å². The smallest absolute Gasteiger partial charge is 0.262 e. The zero-order valence-corrected chi connectivity index (χ0v) is 23.5. The van der Waals surface area contributed by atoms with Crippen molar-refractivity contribution >= 4 is 27.5 Å². The summed E-state index contributed by atoms with van der Waals surface area (Å²) in [6, 6.07) is 29.9. The molecule has 4 aromatic carbocycles. The van der Waals surface area contributed by atoms with E-state index in [1.54, 1.807) is 48.5 Å². The van der Waals surface area contributed by atoms with Crippen LogP contribution in [-0.2, 0) is 32.6 Å². The zero-order chi connectivity index (χ0) is 29.5. The van der Waals surface area contributed by atoms with E-state index in [4.69, 9.17) is 4.74 Å². The van der Waals surface area contributed by atoms with Gasteiger partial charge >= 0.3 is 0 Å². The molecule has 216 valence electrons. The Labute approximate surface area is 244 Å². The molecule has 10 heteroatoms. The predicted molar refractivity (Wildman–Crippen MR) is 157 cm³/mol. The fraction of sp³-hybridized carbons (Fsp3) is 0.188. The summed E-state index contributed by atoms with van der Waals surface area (Å²) in [7, 11) is -4.19. The molecule has 0 radical (unpaired) electrons. The summed E-state index contributed by atoms with van der Waals surface area (Å²) in [6.45, 7) is -0.297. The second kappa shape index (κ2) is 13.0. The lowest BCUT2D eigenvalue weighted by atomic mass is 10.1. The molecule has 0 bridgehead atoms. The minimum atomic E-state index is -4.19. The molecule has 0 aromatic heterocycles. The molecule has 0 aliphatic carbocycles. The molecule has 8 nitrogen and oxygen atoms in total. The van der Waals surface area contributed by atoms with Crippen molar-refractivity contribution in [3.63, 3.8) is 0 Å². The van der Waals surface area contributed by atoms with Crippen LogP contribution >= 0.6 is 0 Å². The Morgan fingerprint density at radius 1 is 0.857 bits per heavy atom. The Morgan fingerprint density at radius 2 is 1.48 bits per heavy atom. The summed E-state index contributed by atoms with van der Waals surface area (Å²) in [5.41, 5.74) is 2.19. The average molecular weight is 588 g/mol. The maximum absolute atomic E-state index is 13.8. The maximum atomic E-state index is 13.8. The maximum Gasteiger partial charge on any atom is 0.262 e. The van der Waals surface area contributed by atoms with E-state index < -0.39 is 34.4 Å². The van der Waals surface area contributed by atoms with Gasteiger partial charge in [0.15, 0.2) is 6.10 Å². The molecule has 0 fully saturated rings. The number of hydrogen-bond acceptors (Lipinski definition) is 5. The van der Waals surface area contributed by atoms with Gasteiger partial charge in [-0.3, -0.25) is 9.59 Å². The van der Waals surface area contributed by atoms with Crippen molar-refractivity contribution in [2.45, 2.75) is 24.0 Å². The van der Waals surface area contributed by atoms with Crippen LogP contribution in [0, 0.1) is 5.82 Å². The molecule has 0 spiro atoms. The molecule has 0 saturated heterocycles. The van der Waals surface area contributed by atoms with E-state index in [0.29, 0.717) is 30.0 Å². The molecule has 1 N–H and O–H groups in total. The summed E-state index contributed by atoms with van der Waals surface area (Å²) < 4.78 is 47.9. The Balaban J connectivity index is 1.36. The quantitative estimate of drug-likeness (QED) is 0.301. The monoisotopic (exact) mass is 587 g/mol. The highest BCUT2D eigenvalue weighted by Gasteiger charge is 2.36. The van der Waals surface area contributed by atoms with Gasteiger partial charge in [-0.1, -0.05) is 72.8 Å². The molecule has 1 aliphatic rings. The Hall–Kier alpha value is -4.54. The van der Waals surface area contributed by atoms with E-state index >= 15 is 0 Å². The van der Waals surface area contributed by atoms with Gasteiger partial charge in [0.25, 0.3) is 5.91 Å². The summed E-state index contributed by atoms with van der Waals surface area (Å²) in [6.07, 6.45) is -0.357. The zero-order valence-electron chi connectivity index (χ0n) is 22.7. The van der Waals surface area contributed by atoms with Crippen LogP contribution in [0.4, 0.5) is 10.1 Å². The van der Waals surface area contributed by atoms with E-state index in [1.807, 2.05) is 36.4 Å². The number of carbonyl (C=O) groups is 2. The number of anilines is 1. The number of nitrogens with one attached hydrogen (secondary N) is 1. The minimum absolute atomic E-state index is 0.0817. The number of halogens is 1. The SMILES string of the molecule is O=C(NCCc1ccccc1)[C@@H]1CN(C(=O)CN(Cc2ccccc2)S(=O)(=O)c2ccc(F)cc2)c2ccccc2O1. The number of fused-ring (bicyclic) bond motifs is 1. The van der Waals surface area contributed by atoms with E-state index in [1.165, 1.54) is 17.0 Å². The number of benzene rings is 4. The normalized spacial score (nSPS) is 14.6. The standard InChI is InChI=1S/C32H30FN3O5S/c33-26-15-17-27(18-16-26)42(39,40)35(21-25-11-5-2-6-12-25)23-31(37)36-22-30(41-29-14-8-7-13-28(29)36)32(38)34-20-19-24-9-3-1-4-10-24/h1-18,30H,19-23H2,(H,34,38)/t30-/m0/s1. The lowest BCUT2D eigenvalue weighted by Gasteiger charge is -2.35. The molecule has 2 amide bonds. The Kier molecular flexibility index (Phi) is 8.94. The van der Waals surface area contributed by atoms with Crippen LogP contribution in [0.25, 0.3) is 0 Å². The van der Waals surface area contributed by atoms with Crippen LogP contribution in [0.1, 0.15) is 11.1 Å². The first kappa shape index (κ1) is 29.0. The van der Waals surface area contributed by atoms with Crippen LogP contribution in [0.15, 0.2) is 114 Å². The van der Waals surface area contributed by atoms with Crippen LogP contribution < -0.4 is 15.0 Å². The van der Waals surface area contributed by atoms with Crippen molar-refractivity contribution < 1.29 is 27.1 Å². The minimum Gasteiger partial charge on any atom is -0.477 e. The topological polar surface area (TPSA) is 96.0 Å². The third-order valence-corrected chi connectivity index (χ3v) is 8.69. The molecule has 1 heterocycles. The fourth-order valence-electron chi connectivity index (χ4n) is 4.70. The lowest BCUT2D eigenvalue weighted by Crippen LogP contribution is -2.53. The molecule has 42 heavy (non-hydrogen) atoms. The first-order valence-corrected chi connectivity index (χ1v) is 14.9. The van der Waals surface area contributed by atoms with Crippen molar-refractivity contribution in [1.82, 2.24) is 9.62 Å². The number of hydrogen-bond donors (Lipinski definition) is 1. The second-order valence-electron chi connectivity index (χ2n) is 9.82. The van der Waals surface area contributed by atoms with Gasteiger partial charge in [-0.15, -0.1) is 0 Å². The third kappa shape index (κ3) is 6.84. The fourth-order valence-corrected chi connectivity index (χ4v) is 6.08. The first-order chi connectivity index (χ1) is 20.3. The number of amides is 2. The van der Waals surface area contributed by atoms with Crippen molar-refractivity contribution in [2.75, 3.05) is 24.5 Å². The number of para-hydroxylation sites is 2. The highest BCUT2D eigenvalue weighted by Crippen LogP contribution is 2.33. The third-order valence-electron chi connectivity index (χ3n) is 6.89. The van der Waals surface area contributed by atoms with E-state index in [-0.39, 0.29) is 23.9 Å². The molecule has 4 aromatic rings. The summed E-state index contributed by atoms with van der Waals surface area (Å²) in [5.74, 6) is -1.14. The molecule has 0 saturated carbocycles. The molecule has 1 aliphatic heterocycles. The molecule has 0 unspecified atom stereocenters.